The maximum atomic E-state index is 14.2. The van der Waals surface area contributed by atoms with E-state index in [2.05, 4.69) is 0 Å². The Bertz CT molecular complexity index is 2670. The Kier molecular flexibility index (Phi) is 12.8. The van der Waals surface area contributed by atoms with Gasteiger partial charge in [0.2, 0.25) is 12.2 Å². The molecule has 0 aromatic heterocycles. The van der Waals surface area contributed by atoms with E-state index in [9.17, 15) is 70.2 Å². The van der Waals surface area contributed by atoms with Crippen molar-refractivity contribution in [1.82, 2.24) is 0 Å². The van der Waals surface area contributed by atoms with Gasteiger partial charge in [-0.1, -0.05) is 36.4 Å². The average Bonchev–Trinajstić information content (AvgIpc) is 3.66. The number of carbonyl (C=O) groups excluding carboxylic acids is 3. The highest BCUT2D eigenvalue weighted by Gasteiger charge is 2.46. The number of esters is 3. The smallest absolute Gasteiger partial charge is 0.347 e. The van der Waals surface area contributed by atoms with Gasteiger partial charge in [-0.15, -0.1) is 0 Å². The molecule has 0 spiro atoms. The topological polar surface area (TPSA) is 308 Å². The zero-order valence-corrected chi connectivity index (χ0v) is 32.8. The summed E-state index contributed by atoms with van der Waals surface area (Å²) in [5.74, 6) is -11.1. The molecular weight excluding hydrogens is 828 g/mol. The third-order valence-electron chi connectivity index (χ3n) is 9.82. The number of benzene rings is 5. The van der Waals surface area contributed by atoms with Crippen LogP contribution in [0.4, 0.5) is 0 Å². The number of aromatic hydroxyl groups is 9. The number of methoxy groups -OCH3 is 1. The van der Waals surface area contributed by atoms with Crippen molar-refractivity contribution >= 4 is 42.1 Å². The number of carbonyl (C=O) groups is 4. The van der Waals surface area contributed by atoms with Gasteiger partial charge < -0.3 is 70.0 Å². The second-order valence-electron chi connectivity index (χ2n) is 14.1. The number of hydrogen-bond acceptors (Lipinski definition) is 17. The number of ether oxygens (including phenoxy) is 4. The van der Waals surface area contributed by atoms with Crippen LogP contribution < -0.4 is 4.74 Å². The molecule has 10 N–H and O–H groups in total. The predicted octanol–water partition coefficient (Wildman–Crippen LogP) is 5.00. The van der Waals surface area contributed by atoms with Gasteiger partial charge in [0.25, 0.3) is 0 Å². The van der Waals surface area contributed by atoms with Gasteiger partial charge in [-0.2, -0.15) is 0 Å². The second-order valence-corrected chi connectivity index (χ2v) is 14.1. The van der Waals surface area contributed by atoms with E-state index in [1.54, 1.807) is 0 Å². The van der Waals surface area contributed by atoms with Crippen LogP contribution in [0.3, 0.4) is 0 Å². The Labute approximate surface area is 356 Å². The summed E-state index contributed by atoms with van der Waals surface area (Å²) < 4.78 is 21.6. The Balaban J connectivity index is 1.31. The van der Waals surface area contributed by atoms with E-state index in [0.717, 1.165) is 43.5 Å². The number of aliphatic carboxylic acids is 1. The average molecular weight is 867 g/mol. The molecule has 0 aliphatic carbocycles. The monoisotopic (exact) mass is 866 g/mol. The summed E-state index contributed by atoms with van der Waals surface area (Å²) in [7, 11) is 1.08. The van der Waals surface area contributed by atoms with Gasteiger partial charge in [0.1, 0.15) is 12.0 Å². The van der Waals surface area contributed by atoms with Gasteiger partial charge in [0, 0.05) is 30.0 Å². The van der Waals surface area contributed by atoms with Gasteiger partial charge in [-0.3, -0.25) is 4.79 Å². The fraction of sp³-hybridized carbons (Fsp3) is 0.156. The first kappa shape index (κ1) is 44.0. The van der Waals surface area contributed by atoms with Crippen LogP contribution in [0.2, 0.25) is 0 Å². The van der Waals surface area contributed by atoms with Crippen molar-refractivity contribution in [2.24, 2.45) is 0 Å². The zero-order valence-electron chi connectivity index (χ0n) is 32.8. The van der Waals surface area contributed by atoms with Crippen LogP contribution >= 0.6 is 0 Å². The summed E-state index contributed by atoms with van der Waals surface area (Å²) in [5.41, 5.74) is 0.866. The van der Waals surface area contributed by atoms with Crippen molar-refractivity contribution in [2.45, 2.75) is 37.1 Å². The Morgan fingerprint density at radius 1 is 0.619 bits per heavy atom. The lowest BCUT2D eigenvalue weighted by Gasteiger charge is -2.22. The van der Waals surface area contributed by atoms with Crippen molar-refractivity contribution < 1.29 is 89.2 Å². The Hall–Kier alpha value is -8.54. The van der Waals surface area contributed by atoms with E-state index in [1.165, 1.54) is 66.8 Å². The summed E-state index contributed by atoms with van der Waals surface area (Å²) >= 11 is 0. The highest BCUT2D eigenvalue weighted by molar-refractivity contribution is 5.91. The van der Waals surface area contributed by atoms with Crippen LogP contribution in [0.15, 0.2) is 84.9 Å². The lowest BCUT2D eigenvalue weighted by atomic mass is 9.87. The molecule has 63 heavy (non-hydrogen) atoms. The minimum Gasteiger partial charge on any atom is -0.504 e. The molecule has 1 heterocycles. The van der Waals surface area contributed by atoms with Crippen molar-refractivity contribution in [1.29, 1.82) is 0 Å². The summed E-state index contributed by atoms with van der Waals surface area (Å²) in [6.45, 7) is 0. The minimum atomic E-state index is -1.84. The number of rotatable bonds is 14. The molecular formula is C45H38O18. The van der Waals surface area contributed by atoms with E-state index in [-0.39, 0.29) is 45.6 Å². The molecule has 0 saturated carbocycles. The lowest BCUT2D eigenvalue weighted by Crippen LogP contribution is -2.32. The molecule has 18 nitrogen and oxygen atoms in total. The summed E-state index contributed by atoms with van der Waals surface area (Å²) in [6.07, 6.45) is -0.551. The van der Waals surface area contributed by atoms with E-state index in [4.69, 9.17) is 18.9 Å². The normalized spacial score (nSPS) is 15.3. The fourth-order valence-electron chi connectivity index (χ4n) is 6.69. The molecule has 0 amide bonds. The van der Waals surface area contributed by atoms with Crippen molar-refractivity contribution in [3.05, 3.63) is 124 Å². The first-order valence-corrected chi connectivity index (χ1v) is 18.6. The van der Waals surface area contributed by atoms with Gasteiger partial charge >= 0.3 is 23.9 Å². The number of hydrogen-bond donors (Lipinski definition) is 10. The highest BCUT2D eigenvalue weighted by atomic mass is 16.6. The first-order chi connectivity index (χ1) is 29.9. The van der Waals surface area contributed by atoms with Crippen LogP contribution in [0, 0.1) is 0 Å². The molecule has 1 aliphatic rings. The summed E-state index contributed by atoms with van der Waals surface area (Å²) in [5, 5.41) is 102. The maximum absolute atomic E-state index is 14.2. The van der Waals surface area contributed by atoms with E-state index in [0.29, 0.717) is 5.56 Å². The van der Waals surface area contributed by atoms with Crippen molar-refractivity contribution in [2.75, 3.05) is 7.11 Å². The molecule has 0 bridgehead atoms. The summed E-state index contributed by atoms with van der Waals surface area (Å²) in [6, 6.07) is 15.9. The molecule has 0 saturated heterocycles. The van der Waals surface area contributed by atoms with Gasteiger partial charge in [0.15, 0.2) is 57.5 Å². The molecule has 326 valence electrons. The van der Waals surface area contributed by atoms with E-state index in [1.807, 2.05) is 0 Å². The largest absolute Gasteiger partial charge is 0.504 e. The van der Waals surface area contributed by atoms with Crippen LogP contribution in [0.1, 0.15) is 51.0 Å². The number of carboxylic acid groups (broad SMARTS) is 1. The third kappa shape index (κ3) is 9.92. The molecule has 18 heteroatoms. The first-order valence-electron chi connectivity index (χ1n) is 18.6. The van der Waals surface area contributed by atoms with Crippen molar-refractivity contribution in [3.8, 4) is 57.5 Å². The number of fused-ring (bicyclic) bond motifs is 1. The maximum Gasteiger partial charge on any atom is 0.347 e. The SMILES string of the molecule is COC(=O)C(Cc1ccc(O)c(O)c1)OC(=O)/C=C/c1cc(O)c(O)c(/C=C/c2ccc(O)c3c2C(C(=O)OC(Cc2ccc(O)c(O)c2)C(=O)O)C(c2ccc(O)c(O)c2)O3)c1. The summed E-state index contributed by atoms with van der Waals surface area (Å²) in [4.78, 5) is 51.8. The van der Waals surface area contributed by atoms with Crippen LogP contribution in [0.25, 0.3) is 18.2 Å². The third-order valence-corrected chi connectivity index (χ3v) is 9.82. The molecule has 0 fully saturated rings. The quantitative estimate of drug-likeness (QED) is 0.0231. The zero-order chi connectivity index (χ0) is 45.7. The molecule has 0 radical (unpaired) electrons. The number of phenols is 9. The molecule has 4 atom stereocenters. The molecule has 4 unspecified atom stereocenters. The van der Waals surface area contributed by atoms with Crippen LogP contribution in [-0.4, -0.2) is 94.3 Å². The molecule has 6 rings (SSSR count). The number of carboxylic acids is 1. The van der Waals surface area contributed by atoms with Gasteiger partial charge in [-0.05, 0) is 88.5 Å². The minimum absolute atomic E-state index is 0.0228. The highest BCUT2D eigenvalue weighted by Crippen LogP contribution is 2.53. The van der Waals surface area contributed by atoms with E-state index >= 15 is 0 Å². The number of phenolic OH excluding ortho intramolecular Hbond substituents is 9. The van der Waals surface area contributed by atoms with Gasteiger partial charge in [0.05, 0.1) is 7.11 Å². The van der Waals surface area contributed by atoms with Crippen LogP contribution in [0.5, 0.6) is 57.5 Å². The molecule has 5 aromatic carbocycles. The van der Waals surface area contributed by atoms with Crippen molar-refractivity contribution in [3.63, 3.8) is 0 Å². The van der Waals surface area contributed by atoms with Crippen LogP contribution in [-0.2, 0) is 46.2 Å². The Morgan fingerprint density at radius 3 is 1.78 bits per heavy atom. The van der Waals surface area contributed by atoms with E-state index < -0.39 is 106 Å². The lowest BCUT2D eigenvalue weighted by molar-refractivity contribution is -0.166. The second kappa shape index (κ2) is 18.4. The standard InChI is InChI=1S/C45H38O18/c1-60-44(58)36(19-23-3-10-28(47)32(51)16-23)61-37(54)13-4-21-14-25(40(55)34(53)17-21)6-5-24-7-12-30(49)42-38(24)39(41(63-42)26-8-11-29(48)33(52)20-26)45(59)62-35(43(56)57)18-22-2-9-27(46)31(50)15-22/h2-17,20,35-36,39,41,46-53,55H,18-19H2,1H3,(H,56,57)/b6-5+,13-4+. The molecule has 1 aliphatic heterocycles. The van der Waals surface area contributed by atoms with Gasteiger partial charge in [-0.25, -0.2) is 14.4 Å². The predicted molar refractivity (Wildman–Crippen MR) is 218 cm³/mol. The Morgan fingerprint density at radius 2 is 1.19 bits per heavy atom. The fourth-order valence-corrected chi connectivity index (χ4v) is 6.69. The molecule has 5 aromatic rings.